The van der Waals surface area contributed by atoms with E-state index >= 15 is 0 Å². The van der Waals surface area contributed by atoms with E-state index in [0.717, 1.165) is 5.56 Å². The smallest absolute Gasteiger partial charge is 0.276 e. The zero-order valence-corrected chi connectivity index (χ0v) is 24.5. The molecular weight excluding hydrogens is 538 g/mol. The van der Waals surface area contributed by atoms with Gasteiger partial charge in [-0.1, -0.05) is 18.2 Å². The van der Waals surface area contributed by atoms with Gasteiger partial charge in [0.25, 0.3) is 17.5 Å². The molecule has 0 radical (unpaired) electrons. The molecule has 4 aromatic rings. The first kappa shape index (κ1) is 28.6. The lowest BCUT2D eigenvalue weighted by Crippen LogP contribution is -2.32. The van der Waals surface area contributed by atoms with Crippen molar-refractivity contribution < 1.29 is 23.7 Å². The maximum atomic E-state index is 14.1. The Balaban J connectivity index is 1.82. The number of oxazole rings is 1. The number of fused-ring (bicyclic) bond motifs is 3. The Morgan fingerprint density at radius 2 is 1.50 bits per heavy atom. The van der Waals surface area contributed by atoms with E-state index in [4.69, 9.17) is 14.1 Å². The summed E-state index contributed by atoms with van der Waals surface area (Å²) in [5.41, 5.74) is 2.97. The lowest BCUT2D eigenvalue weighted by Gasteiger charge is -2.30. The fourth-order valence-corrected chi connectivity index (χ4v) is 5.36. The van der Waals surface area contributed by atoms with Crippen LogP contribution in [0.5, 0.6) is 11.5 Å². The van der Waals surface area contributed by atoms with Crippen molar-refractivity contribution in [3.63, 3.8) is 0 Å². The molecule has 0 bridgehead atoms. The van der Waals surface area contributed by atoms with E-state index in [1.165, 1.54) is 6.07 Å². The number of nitro groups is 1. The first-order chi connectivity index (χ1) is 20.2. The van der Waals surface area contributed by atoms with Gasteiger partial charge in [0, 0.05) is 43.4 Å². The molecule has 0 fully saturated rings. The van der Waals surface area contributed by atoms with Gasteiger partial charge in [0.05, 0.1) is 33.0 Å². The standard InChI is InChI=1S/C31H33N5O6/c1-7-34(8-2)30(37)20-16-21(36(39)40)17(5)26-23(20)32-24-22(31(38)35(9-3)10-4)25-28(18(6)27(24)41-26)42-29(33-25)19-14-12-11-13-15-19/h11-16,32H,7-10H2,1-6H3. The molecule has 42 heavy (non-hydrogen) atoms. The zero-order valence-electron chi connectivity index (χ0n) is 24.5. The Morgan fingerprint density at radius 3 is 2.10 bits per heavy atom. The number of anilines is 2. The molecule has 2 amide bonds. The fourth-order valence-electron chi connectivity index (χ4n) is 5.36. The second-order valence-corrected chi connectivity index (χ2v) is 9.98. The maximum absolute atomic E-state index is 14.1. The Bertz CT molecular complexity index is 1720. The van der Waals surface area contributed by atoms with Crippen LogP contribution < -0.4 is 10.1 Å². The SMILES string of the molecule is CCN(CC)C(=O)c1cc([N+](=O)[O-])c(C)c2c1Nc1c(c(C)c3oc(-c4ccccc4)nc3c1C(=O)N(CC)CC)O2. The molecule has 0 saturated carbocycles. The number of benzene rings is 3. The van der Waals surface area contributed by atoms with E-state index in [2.05, 4.69) is 5.32 Å². The van der Waals surface area contributed by atoms with E-state index in [1.54, 1.807) is 23.6 Å². The highest BCUT2D eigenvalue weighted by Gasteiger charge is 2.37. The van der Waals surface area contributed by atoms with Crippen molar-refractivity contribution in [2.45, 2.75) is 41.5 Å². The van der Waals surface area contributed by atoms with Crippen LogP contribution >= 0.6 is 0 Å². The summed E-state index contributed by atoms with van der Waals surface area (Å²) in [5.74, 6) is 0.0984. The number of hydrogen-bond donors (Lipinski definition) is 1. The molecular formula is C31H33N5O6. The van der Waals surface area contributed by atoms with Gasteiger partial charge in [0.2, 0.25) is 5.89 Å². The number of carbonyl (C=O) groups is 2. The van der Waals surface area contributed by atoms with Crippen LogP contribution in [0.1, 0.15) is 59.5 Å². The van der Waals surface area contributed by atoms with Gasteiger partial charge < -0.3 is 24.3 Å². The van der Waals surface area contributed by atoms with Crippen LogP contribution in [0, 0.1) is 24.0 Å². The van der Waals surface area contributed by atoms with E-state index < -0.39 is 4.92 Å². The summed E-state index contributed by atoms with van der Waals surface area (Å²) in [5, 5.41) is 15.3. The number of aryl methyl sites for hydroxylation is 1. The molecule has 2 heterocycles. The van der Waals surface area contributed by atoms with Crippen LogP contribution in [0.15, 0.2) is 40.8 Å². The highest BCUT2D eigenvalue weighted by atomic mass is 16.6. The molecule has 11 heteroatoms. The first-order valence-electron chi connectivity index (χ1n) is 14.0. The van der Waals surface area contributed by atoms with Crippen LogP contribution in [-0.2, 0) is 0 Å². The van der Waals surface area contributed by atoms with Crippen LogP contribution in [0.3, 0.4) is 0 Å². The second-order valence-electron chi connectivity index (χ2n) is 9.98. The number of hydrogen-bond acceptors (Lipinski definition) is 8. The summed E-state index contributed by atoms with van der Waals surface area (Å²) in [4.78, 5) is 47.2. The van der Waals surface area contributed by atoms with Gasteiger partial charge in [-0.3, -0.25) is 19.7 Å². The van der Waals surface area contributed by atoms with Crippen molar-refractivity contribution in [3.05, 3.63) is 68.8 Å². The monoisotopic (exact) mass is 571 g/mol. The summed E-state index contributed by atoms with van der Waals surface area (Å²) in [6.45, 7) is 12.6. The van der Waals surface area contributed by atoms with Crippen LogP contribution in [0.4, 0.5) is 17.1 Å². The minimum absolute atomic E-state index is 0.0840. The molecule has 1 aliphatic heterocycles. The van der Waals surface area contributed by atoms with Gasteiger partial charge in [-0.05, 0) is 53.7 Å². The lowest BCUT2D eigenvalue weighted by atomic mass is 9.98. The van der Waals surface area contributed by atoms with Crippen molar-refractivity contribution in [3.8, 4) is 23.0 Å². The summed E-state index contributed by atoms with van der Waals surface area (Å²) >= 11 is 0. The first-order valence-corrected chi connectivity index (χ1v) is 14.0. The molecule has 218 valence electrons. The molecule has 0 unspecified atom stereocenters. The molecule has 1 aromatic heterocycles. The van der Waals surface area contributed by atoms with Gasteiger partial charge in [-0.15, -0.1) is 0 Å². The largest absolute Gasteiger partial charge is 0.452 e. The molecule has 0 spiro atoms. The van der Waals surface area contributed by atoms with Gasteiger partial charge in [0.1, 0.15) is 5.52 Å². The number of nitro benzene ring substituents is 1. The van der Waals surface area contributed by atoms with E-state index in [-0.39, 0.29) is 51.4 Å². The minimum atomic E-state index is -0.526. The Labute approximate surface area is 243 Å². The predicted octanol–water partition coefficient (Wildman–Crippen LogP) is 6.83. The molecule has 5 rings (SSSR count). The fraction of sp³-hybridized carbons (Fsp3) is 0.323. The van der Waals surface area contributed by atoms with Gasteiger partial charge in [0.15, 0.2) is 17.1 Å². The Morgan fingerprint density at radius 1 is 0.905 bits per heavy atom. The van der Waals surface area contributed by atoms with Crippen molar-refractivity contribution in [2.75, 3.05) is 31.5 Å². The van der Waals surface area contributed by atoms with Crippen molar-refractivity contribution in [1.29, 1.82) is 0 Å². The lowest BCUT2D eigenvalue weighted by molar-refractivity contribution is -0.385. The van der Waals surface area contributed by atoms with Gasteiger partial charge in [-0.2, -0.15) is 0 Å². The molecule has 0 atom stereocenters. The quantitative estimate of drug-likeness (QED) is 0.158. The molecule has 11 nitrogen and oxygen atoms in total. The average molecular weight is 572 g/mol. The van der Waals surface area contributed by atoms with Crippen LogP contribution in [0.2, 0.25) is 0 Å². The molecule has 1 aliphatic rings. The van der Waals surface area contributed by atoms with E-state index in [1.807, 2.05) is 58.0 Å². The average Bonchev–Trinajstić information content (AvgIpc) is 3.44. The van der Waals surface area contributed by atoms with Crippen LogP contribution in [0.25, 0.3) is 22.6 Å². The zero-order chi connectivity index (χ0) is 30.3. The van der Waals surface area contributed by atoms with Crippen molar-refractivity contribution in [2.24, 2.45) is 0 Å². The summed E-state index contributed by atoms with van der Waals surface area (Å²) < 4.78 is 12.7. The highest BCUT2D eigenvalue weighted by molar-refractivity contribution is 6.14. The topological polar surface area (TPSA) is 131 Å². The summed E-state index contributed by atoms with van der Waals surface area (Å²) in [6.07, 6.45) is 0. The number of amides is 2. The molecule has 3 aromatic carbocycles. The Hall–Kier alpha value is -4.93. The van der Waals surface area contributed by atoms with E-state index in [0.29, 0.717) is 54.4 Å². The van der Waals surface area contributed by atoms with Crippen molar-refractivity contribution in [1.82, 2.24) is 14.8 Å². The Kier molecular flexibility index (Phi) is 7.59. The number of carbonyl (C=O) groups excluding carboxylic acids is 2. The number of aromatic nitrogens is 1. The number of nitrogens with one attached hydrogen (secondary N) is 1. The summed E-state index contributed by atoms with van der Waals surface area (Å²) in [6, 6.07) is 10.6. The third-order valence-electron chi connectivity index (χ3n) is 7.74. The van der Waals surface area contributed by atoms with Gasteiger partial charge >= 0.3 is 0 Å². The predicted molar refractivity (Wildman–Crippen MR) is 160 cm³/mol. The minimum Gasteiger partial charge on any atom is -0.452 e. The second kappa shape index (κ2) is 11.2. The maximum Gasteiger partial charge on any atom is 0.276 e. The normalized spacial score (nSPS) is 11.8. The van der Waals surface area contributed by atoms with Crippen molar-refractivity contribution >= 4 is 40.0 Å². The van der Waals surface area contributed by atoms with Gasteiger partial charge in [-0.25, -0.2) is 4.98 Å². The molecule has 0 saturated heterocycles. The third-order valence-corrected chi connectivity index (χ3v) is 7.74. The van der Waals surface area contributed by atoms with E-state index in [9.17, 15) is 19.7 Å². The number of ether oxygens (including phenoxy) is 1. The number of rotatable bonds is 8. The highest BCUT2D eigenvalue weighted by Crippen LogP contribution is 2.53. The summed E-state index contributed by atoms with van der Waals surface area (Å²) in [7, 11) is 0. The number of nitrogens with zero attached hydrogens (tertiary/aromatic N) is 4. The molecule has 0 aliphatic carbocycles. The molecule has 1 N–H and O–H groups in total. The van der Waals surface area contributed by atoms with Crippen LogP contribution in [-0.4, -0.2) is 57.7 Å². The third kappa shape index (κ3) is 4.50.